The second kappa shape index (κ2) is 8.31. The molecule has 0 saturated heterocycles. The number of hydrogen-bond donors (Lipinski definition) is 2. The van der Waals surface area contributed by atoms with Gasteiger partial charge in [-0.1, -0.05) is 12.1 Å². The van der Waals surface area contributed by atoms with Gasteiger partial charge in [0.15, 0.2) is 11.6 Å². The topological polar surface area (TPSA) is 66.9 Å². The number of aromatic nitrogens is 2. The van der Waals surface area contributed by atoms with Crippen molar-refractivity contribution in [3.63, 3.8) is 0 Å². The number of carbonyl (C=O) groups is 1. The number of anilines is 2. The summed E-state index contributed by atoms with van der Waals surface area (Å²) < 4.78 is 38.9. The average molecular weight is 372 g/mol. The lowest BCUT2D eigenvalue weighted by Crippen LogP contribution is -2.14. The molecule has 2 N–H and O–H groups in total. The molecule has 0 aliphatic carbocycles. The summed E-state index contributed by atoms with van der Waals surface area (Å²) in [5, 5.41) is 5.44. The molecule has 27 heavy (non-hydrogen) atoms. The van der Waals surface area contributed by atoms with E-state index >= 15 is 0 Å². The van der Waals surface area contributed by atoms with Gasteiger partial charge in [0.05, 0.1) is 5.56 Å². The Morgan fingerprint density at radius 2 is 1.63 bits per heavy atom. The van der Waals surface area contributed by atoms with Crippen LogP contribution in [0.3, 0.4) is 0 Å². The van der Waals surface area contributed by atoms with Crippen molar-refractivity contribution in [2.75, 3.05) is 17.2 Å². The van der Waals surface area contributed by atoms with E-state index in [0.29, 0.717) is 18.9 Å². The van der Waals surface area contributed by atoms with Crippen molar-refractivity contribution < 1.29 is 18.0 Å². The van der Waals surface area contributed by atoms with Gasteiger partial charge in [0.1, 0.15) is 5.82 Å². The summed E-state index contributed by atoms with van der Waals surface area (Å²) in [6.45, 7) is 0.534. The number of amides is 1. The van der Waals surface area contributed by atoms with Crippen LogP contribution in [0.5, 0.6) is 0 Å². The minimum absolute atomic E-state index is 0.125. The molecule has 3 rings (SSSR count). The van der Waals surface area contributed by atoms with Gasteiger partial charge in [-0.05, 0) is 36.2 Å². The smallest absolute Gasteiger partial charge is 0.258 e. The molecule has 1 aromatic heterocycles. The average Bonchev–Trinajstić information content (AvgIpc) is 2.67. The van der Waals surface area contributed by atoms with Crippen LogP contribution in [-0.4, -0.2) is 22.4 Å². The van der Waals surface area contributed by atoms with E-state index in [0.717, 1.165) is 17.7 Å². The molecule has 0 spiro atoms. The third-order valence-electron chi connectivity index (χ3n) is 3.70. The minimum atomic E-state index is -1.05. The van der Waals surface area contributed by atoms with E-state index in [2.05, 4.69) is 20.6 Å². The van der Waals surface area contributed by atoms with Crippen LogP contribution in [0.15, 0.2) is 54.9 Å². The number of halogens is 3. The van der Waals surface area contributed by atoms with Gasteiger partial charge in [0.25, 0.3) is 5.91 Å². The summed E-state index contributed by atoms with van der Waals surface area (Å²) in [5.41, 5.74) is 1.26. The van der Waals surface area contributed by atoms with E-state index in [4.69, 9.17) is 0 Å². The Morgan fingerprint density at radius 3 is 2.30 bits per heavy atom. The lowest BCUT2D eigenvalue weighted by atomic mass is 10.1. The molecule has 2 aromatic carbocycles. The van der Waals surface area contributed by atoms with Crippen LogP contribution in [0.4, 0.5) is 24.8 Å². The van der Waals surface area contributed by atoms with E-state index in [1.807, 2.05) is 0 Å². The Labute approximate surface area is 153 Å². The van der Waals surface area contributed by atoms with Crippen LogP contribution in [0.1, 0.15) is 15.9 Å². The van der Waals surface area contributed by atoms with Crippen molar-refractivity contribution in [2.24, 2.45) is 0 Å². The maximum absolute atomic E-state index is 13.2. The van der Waals surface area contributed by atoms with Gasteiger partial charge in [-0.2, -0.15) is 0 Å². The van der Waals surface area contributed by atoms with Crippen molar-refractivity contribution >= 4 is 17.5 Å². The molecule has 1 heterocycles. The molecule has 0 bridgehead atoms. The predicted molar refractivity (Wildman–Crippen MR) is 94.9 cm³/mol. The van der Waals surface area contributed by atoms with Crippen molar-refractivity contribution in [1.29, 1.82) is 0 Å². The van der Waals surface area contributed by atoms with E-state index < -0.39 is 17.5 Å². The molecule has 8 heteroatoms. The highest BCUT2D eigenvalue weighted by Crippen LogP contribution is 2.14. The zero-order valence-corrected chi connectivity index (χ0v) is 14.0. The highest BCUT2D eigenvalue weighted by atomic mass is 19.2. The summed E-state index contributed by atoms with van der Waals surface area (Å²) in [5.74, 6) is -2.54. The number of hydrogen-bond acceptors (Lipinski definition) is 4. The number of nitrogens with one attached hydrogen (secondary N) is 2. The Morgan fingerprint density at radius 1 is 0.926 bits per heavy atom. The first-order valence-electron chi connectivity index (χ1n) is 8.08. The Bertz CT molecular complexity index is 931. The highest BCUT2D eigenvalue weighted by molar-refractivity contribution is 6.03. The van der Waals surface area contributed by atoms with Gasteiger partial charge in [-0.3, -0.25) is 4.79 Å². The van der Waals surface area contributed by atoms with Gasteiger partial charge in [0, 0.05) is 30.7 Å². The summed E-state index contributed by atoms with van der Waals surface area (Å²) in [6.07, 6.45) is 3.30. The highest BCUT2D eigenvalue weighted by Gasteiger charge is 2.10. The molecule has 5 nitrogen and oxygen atoms in total. The molecule has 0 unspecified atom stereocenters. The maximum atomic E-state index is 13.2. The predicted octanol–water partition coefficient (Wildman–Crippen LogP) is 3.80. The summed E-state index contributed by atoms with van der Waals surface area (Å²) >= 11 is 0. The summed E-state index contributed by atoms with van der Waals surface area (Å²) in [6, 6.07) is 9.25. The van der Waals surface area contributed by atoms with Crippen molar-refractivity contribution in [1.82, 2.24) is 9.97 Å². The van der Waals surface area contributed by atoms with Crippen LogP contribution in [-0.2, 0) is 6.42 Å². The molecular weight excluding hydrogens is 357 g/mol. The van der Waals surface area contributed by atoms with Gasteiger partial charge in [-0.15, -0.1) is 0 Å². The molecule has 0 aliphatic rings. The third-order valence-corrected chi connectivity index (χ3v) is 3.70. The van der Waals surface area contributed by atoms with Crippen LogP contribution in [0.25, 0.3) is 0 Å². The fourth-order valence-corrected chi connectivity index (χ4v) is 2.28. The largest absolute Gasteiger partial charge is 0.354 e. The quantitative estimate of drug-likeness (QED) is 0.691. The molecule has 0 saturated carbocycles. The molecule has 138 valence electrons. The van der Waals surface area contributed by atoms with Gasteiger partial charge in [0.2, 0.25) is 5.95 Å². The van der Waals surface area contributed by atoms with Gasteiger partial charge >= 0.3 is 0 Å². The number of carbonyl (C=O) groups excluding carboxylic acids is 1. The Balaban J connectivity index is 1.53. The lowest BCUT2D eigenvalue weighted by molar-refractivity contribution is 0.102. The second-order valence-corrected chi connectivity index (χ2v) is 5.68. The van der Waals surface area contributed by atoms with E-state index in [-0.39, 0.29) is 17.1 Å². The Hall–Kier alpha value is -3.42. The normalized spacial score (nSPS) is 10.5. The summed E-state index contributed by atoms with van der Waals surface area (Å²) in [7, 11) is 0. The number of nitrogens with zero attached hydrogens (tertiary/aromatic N) is 2. The van der Waals surface area contributed by atoms with E-state index in [1.165, 1.54) is 30.6 Å². The molecule has 0 fully saturated rings. The minimum Gasteiger partial charge on any atom is -0.354 e. The molecule has 0 radical (unpaired) electrons. The van der Waals surface area contributed by atoms with Gasteiger partial charge < -0.3 is 10.6 Å². The number of benzene rings is 2. The van der Waals surface area contributed by atoms with Gasteiger partial charge in [-0.25, -0.2) is 23.1 Å². The van der Waals surface area contributed by atoms with E-state index in [1.54, 1.807) is 12.1 Å². The Kier molecular flexibility index (Phi) is 5.65. The molecule has 1 amide bonds. The lowest BCUT2D eigenvalue weighted by Gasteiger charge is -2.07. The molecule has 3 aromatic rings. The monoisotopic (exact) mass is 372 g/mol. The third kappa shape index (κ3) is 5.04. The van der Waals surface area contributed by atoms with Crippen LogP contribution >= 0.6 is 0 Å². The number of rotatable bonds is 6. The first-order chi connectivity index (χ1) is 13.0. The van der Waals surface area contributed by atoms with Crippen LogP contribution < -0.4 is 10.6 Å². The van der Waals surface area contributed by atoms with Crippen molar-refractivity contribution in [2.45, 2.75) is 6.42 Å². The fraction of sp³-hybridized carbons (Fsp3) is 0.105. The zero-order valence-electron chi connectivity index (χ0n) is 14.0. The zero-order chi connectivity index (χ0) is 19.2. The first-order valence-corrected chi connectivity index (χ1v) is 8.08. The molecule has 0 aliphatic heterocycles. The SMILES string of the molecule is O=C(Nc1ccc(F)c(F)c1)c1cnc(NCCc2ccc(F)cc2)nc1. The van der Waals surface area contributed by atoms with E-state index in [9.17, 15) is 18.0 Å². The molecular formula is C19H15F3N4O. The molecule has 0 atom stereocenters. The van der Waals surface area contributed by atoms with Crippen molar-refractivity contribution in [3.8, 4) is 0 Å². The van der Waals surface area contributed by atoms with Crippen LogP contribution in [0, 0.1) is 17.5 Å². The maximum Gasteiger partial charge on any atom is 0.258 e. The van der Waals surface area contributed by atoms with Crippen molar-refractivity contribution in [3.05, 3.63) is 83.4 Å². The second-order valence-electron chi connectivity index (χ2n) is 5.68. The fourth-order valence-electron chi connectivity index (χ4n) is 2.28. The van der Waals surface area contributed by atoms with Crippen LogP contribution in [0.2, 0.25) is 0 Å². The first kappa shape index (κ1) is 18.4. The summed E-state index contributed by atoms with van der Waals surface area (Å²) in [4.78, 5) is 20.2. The standard InChI is InChI=1S/C19H15F3N4O/c20-14-3-1-12(2-4-14)7-8-23-19-24-10-13(11-25-19)18(27)26-15-5-6-16(21)17(22)9-15/h1-6,9-11H,7-8H2,(H,26,27)(H,23,24,25).